The van der Waals surface area contributed by atoms with Gasteiger partial charge in [0.05, 0.1) is 12.2 Å². The molecule has 0 aromatic heterocycles. The van der Waals surface area contributed by atoms with E-state index in [9.17, 15) is 20.4 Å². The van der Waals surface area contributed by atoms with Crippen molar-refractivity contribution >= 4 is 0 Å². The van der Waals surface area contributed by atoms with Crippen molar-refractivity contribution in [1.82, 2.24) is 0 Å². The molecule has 3 saturated carbocycles. The van der Waals surface area contributed by atoms with Gasteiger partial charge in [0, 0.05) is 6.42 Å². The van der Waals surface area contributed by atoms with E-state index >= 15 is 0 Å². The van der Waals surface area contributed by atoms with Crippen LogP contribution in [0.4, 0.5) is 0 Å². The van der Waals surface area contributed by atoms with Crippen LogP contribution in [0.5, 0.6) is 0 Å². The second kappa shape index (κ2) is 10.5. The summed E-state index contributed by atoms with van der Waals surface area (Å²) in [5, 5.41) is 41.6. The summed E-state index contributed by atoms with van der Waals surface area (Å²) in [5.41, 5.74) is 2.24. The molecule has 4 nitrogen and oxygen atoms in total. The van der Waals surface area contributed by atoms with Crippen molar-refractivity contribution in [3.05, 3.63) is 35.5 Å². The number of hydrogen-bond donors (Lipinski definition) is 4. The molecular weight excluding hydrogens is 412 g/mol. The minimum Gasteiger partial charge on any atom is -0.393 e. The average Bonchev–Trinajstić information content (AvgIpc) is 3.15. The summed E-state index contributed by atoms with van der Waals surface area (Å²) in [6.07, 6.45) is 9.97. The summed E-state index contributed by atoms with van der Waals surface area (Å²) < 4.78 is 0. The Morgan fingerprint density at radius 3 is 2.58 bits per heavy atom. The lowest BCUT2D eigenvalue weighted by molar-refractivity contribution is 0.0446. The predicted octanol–water partition coefficient (Wildman–Crippen LogP) is 4.68. The topological polar surface area (TPSA) is 80.9 Å². The van der Waals surface area contributed by atoms with E-state index in [2.05, 4.69) is 44.4 Å². The van der Waals surface area contributed by atoms with Crippen LogP contribution < -0.4 is 0 Å². The number of fused-ring (bicyclic) bond motifs is 1. The molecule has 3 fully saturated rings. The second-order valence-corrected chi connectivity index (χ2v) is 11.0. The molecule has 0 aromatic rings. The highest BCUT2D eigenvalue weighted by Gasteiger charge is 2.51. The Hall–Kier alpha value is -1.38. The van der Waals surface area contributed by atoms with Gasteiger partial charge in [-0.3, -0.25) is 0 Å². The molecule has 0 heterocycles. The molecule has 7 atom stereocenters. The van der Waals surface area contributed by atoms with Crippen LogP contribution in [0.2, 0.25) is 0 Å². The molecule has 0 amide bonds. The van der Waals surface area contributed by atoms with E-state index in [4.69, 9.17) is 0 Å². The Kier molecular flexibility index (Phi) is 8.33. The summed E-state index contributed by atoms with van der Waals surface area (Å²) in [5.74, 6) is 6.84. The molecule has 0 aliphatic heterocycles. The second-order valence-electron chi connectivity index (χ2n) is 11.0. The van der Waals surface area contributed by atoms with Gasteiger partial charge < -0.3 is 20.4 Å². The van der Waals surface area contributed by atoms with Gasteiger partial charge in [0.25, 0.3) is 0 Å². The third kappa shape index (κ3) is 5.49. The van der Waals surface area contributed by atoms with Gasteiger partial charge in [-0.1, -0.05) is 63.8 Å². The summed E-state index contributed by atoms with van der Waals surface area (Å²) in [6, 6.07) is 0. The van der Waals surface area contributed by atoms with Crippen molar-refractivity contribution in [2.75, 3.05) is 0 Å². The SMILES string of the molecule is C=C1/C(=C\C=C2/CCC[C@]3(C)[C@@H]([C@H](C)[C@H](O)C#CC(O)(CC)CC)CC[C@@H]23)C[C@@H](O)C[C@@H]1O. The summed E-state index contributed by atoms with van der Waals surface area (Å²) in [6.45, 7) is 12.4. The van der Waals surface area contributed by atoms with Crippen molar-refractivity contribution in [3.8, 4) is 11.8 Å². The van der Waals surface area contributed by atoms with Crippen LogP contribution in [0.1, 0.15) is 85.5 Å². The van der Waals surface area contributed by atoms with Gasteiger partial charge in [-0.2, -0.15) is 0 Å². The van der Waals surface area contributed by atoms with E-state index in [0.29, 0.717) is 37.5 Å². The summed E-state index contributed by atoms with van der Waals surface area (Å²) >= 11 is 0. The Morgan fingerprint density at radius 1 is 1.21 bits per heavy atom. The molecule has 3 aliphatic rings. The molecule has 0 aromatic carbocycles. The molecule has 4 N–H and O–H groups in total. The van der Waals surface area contributed by atoms with Gasteiger partial charge in [-0.15, -0.1) is 0 Å². The number of allylic oxidation sites excluding steroid dienone is 3. The Bertz CT molecular complexity index is 839. The molecular formula is C29H44O4. The van der Waals surface area contributed by atoms with E-state index in [0.717, 1.165) is 43.3 Å². The molecule has 0 bridgehead atoms. The van der Waals surface area contributed by atoms with Crippen molar-refractivity contribution in [2.45, 2.75) is 109 Å². The fourth-order valence-electron chi connectivity index (χ4n) is 6.59. The van der Waals surface area contributed by atoms with Crippen molar-refractivity contribution in [1.29, 1.82) is 0 Å². The van der Waals surface area contributed by atoms with Gasteiger partial charge in [-0.25, -0.2) is 0 Å². The first kappa shape index (κ1) is 26.2. The lowest BCUT2D eigenvalue weighted by Crippen LogP contribution is -2.39. The quantitative estimate of drug-likeness (QED) is 0.453. The fourth-order valence-corrected chi connectivity index (χ4v) is 6.59. The number of aliphatic hydroxyl groups is 4. The zero-order valence-corrected chi connectivity index (χ0v) is 21.0. The van der Waals surface area contributed by atoms with Crippen LogP contribution in [0.25, 0.3) is 0 Å². The van der Waals surface area contributed by atoms with Crippen LogP contribution >= 0.6 is 0 Å². The van der Waals surface area contributed by atoms with Gasteiger partial charge in [0.2, 0.25) is 0 Å². The minimum atomic E-state index is -1.01. The molecule has 184 valence electrons. The molecule has 0 radical (unpaired) electrons. The summed E-state index contributed by atoms with van der Waals surface area (Å²) in [4.78, 5) is 0. The summed E-state index contributed by atoms with van der Waals surface area (Å²) in [7, 11) is 0. The molecule has 33 heavy (non-hydrogen) atoms. The monoisotopic (exact) mass is 456 g/mol. The van der Waals surface area contributed by atoms with E-state index in [1.807, 2.05) is 13.8 Å². The number of rotatable bonds is 5. The number of hydrogen-bond acceptors (Lipinski definition) is 4. The van der Waals surface area contributed by atoms with E-state index in [1.54, 1.807) is 0 Å². The zero-order valence-electron chi connectivity index (χ0n) is 21.0. The highest BCUT2D eigenvalue weighted by molar-refractivity contribution is 5.38. The van der Waals surface area contributed by atoms with Gasteiger partial charge >= 0.3 is 0 Å². The van der Waals surface area contributed by atoms with Crippen LogP contribution in [-0.2, 0) is 0 Å². The Balaban J connectivity index is 1.78. The Labute approximate surface area is 200 Å². The third-order valence-corrected chi connectivity index (χ3v) is 9.06. The predicted molar refractivity (Wildman–Crippen MR) is 133 cm³/mol. The third-order valence-electron chi connectivity index (χ3n) is 9.06. The number of aliphatic hydroxyl groups excluding tert-OH is 3. The standard InChI is InChI=1S/C29H44O4/c1-6-29(33,7-2)16-14-26(31)20(4)24-12-13-25-21(9-8-15-28(24,25)5)10-11-22-17-23(30)18-27(32)19(22)3/h10-11,20,23-27,30-33H,3,6-9,12-13,15,17-18H2,1-2,4-5H3/b21-10+,22-11-/t20-,23+,24+,25-,26+,27-,28+/m0/s1. The lowest BCUT2D eigenvalue weighted by atomic mass is 9.60. The van der Waals surface area contributed by atoms with Gasteiger partial charge in [0.1, 0.15) is 11.7 Å². The first-order valence-electron chi connectivity index (χ1n) is 12.9. The van der Waals surface area contributed by atoms with Crippen molar-refractivity contribution in [2.24, 2.45) is 23.2 Å². The maximum atomic E-state index is 10.9. The van der Waals surface area contributed by atoms with Crippen molar-refractivity contribution < 1.29 is 20.4 Å². The highest BCUT2D eigenvalue weighted by Crippen LogP contribution is 2.59. The molecule has 3 aliphatic carbocycles. The largest absolute Gasteiger partial charge is 0.393 e. The van der Waals surface area contributed by atoms with Crippen LogP contribution in [0, 0.1) is 35.0 Å². The lowest BCUT2D eigenvalue weighted by Gasteiger charge is -2.44. The molecule has 4 heteroatoms. The first-order chi connectivity index (χ1) is 15.5. The minimum absolute atomic E-state index is 0.0478. The maximum absolute atomic E-state index is 10.9. The van der Waals surface area contributed by atoms with E-state index in [-0.39, 0.29) is 11.3 Å². The highest BCUT2D eigenvalue weighted by atomic mass is 16.3. The van der Waals surface area contributed by atoms with Crippen molar-refractivity contribution in [3.63, 3.8) is 0 Å². The van der Waals surface area contributed by atoms with Gasteiger partial charge in [-0.05, 0) is 85.7 Å². The fraction of sp³-hybridized carbons (Fsp3) is 0.724. The van der Waals surface area contributed by atoms with E-state index in [1.165, 1.54) is 5.57 Å². The van der Waals surface area contributed by atoms with Crippen LogP contribution in [0.15, 0.2) is 35.5 Å². The normalized spacial score (nSPS) is 36.9. The van der Waals surface area contributed by atoms with Crippen LogP contribution in [-0.4, -0.2) is 44.3 Å². The first-order valence-corrected chi connectivity index (χ1v) is 12.9. The average molecular weight is 457 g/mol. The Morgan fingerprint density at radius 2 is 1.91 bits per heavy atom. The molecule has 0 saturated heterocycles. The van der Waals surface area contributed by atoms with Gasteiger partial charge in [0.15, 0.2) is 0 Å². The van der Waals surface area contributed by atoms with E-state index < -0.39 is 23.9 Å². The maximum Gasteiger partial charge on any atom is 0.125 e. The molecule has 0 unspecified atom stereocenters. The van der Waals surface area contributed by atoms with Crippen LogP contribution in [0.3, 0.4) is 0 Å². The smallest absolute Gasteiger partial charge is 0.125 e. The zero-order chi connectivity index (χ0) is 24.4. The molecule has 3 rings (SSSR count). The molecule has 0 spiro atoms.